The second-order valence-electron chi connectivity index (χ2n) is 4.23. The molecule has 2 aromatic heterocycles. The SMILES string of the molecule is NC(=O)c1nc2n(n1)-c1cnccc1C=NC2C(F)(F)F. The Morgan fingerprint density at radius 1 is 1.38 bits per heavy atom. The maximum absolute atomic E-state index is 13.1. The van der Waals surface area contributed by atoms with Crippen LogP contribution in [-0.2, 0) is 0 Å². The maximum atomic E-state index is 13.1. The molecule has 0 saturated carbocycles. The number of hydrogen-bond donors (Lipinski definition) is 1. The van der Waals surface area contributed by atoms with Crippen molar-refractivity contribution < 1.29 is 18.0 Å². The highest BCUT2D eigenvalue weighted by Gasteiger charge is 2.45. The average Bonchev–Trinajstić information content (AvgIpc) is 2.76. The van der Waals surface area contributed by atoms with Gasteiger partial charge in [-0.3, -0.25) is 14.8 Å². The summed E-state index contributed by atoms with van der Waals surface area (Å²) in [4.78, 5) is 22.0. The van der Waals surface area contributed by atoms with Gasteiger partial charge in [-0.2, -0.15) is 13.2 Å². The third-order valence-corrected chi connectivity index (χ3v) is 2.83. The lowest BCUT2D eigenvalue weighted by atomic mass is 10.2. The van der Waals surface area contributed by atoms with Crippen molar-refractivity contribution in [1.29, 1.82) is 0 Å². The van der Waals surface area contributed by atoms with Crippen LogP contribution < -0.4 is 5.73 Å². The average molecular weight is 296 g/mol. The molecule has 2 N–H and O–H groups in total. The van der Waals surface area contributed by atoms with Crippen molar-refractivity contribution in [2.75, 3.05) is 0 Å². The van der Waals surface area contributed by atoms with Crippen LogP contribution in [0.25, 0.3) is 5.69 Å². The van der Waals surface area contributed by atoms with E-state index in [1.807, 2.05) is 0 Å². The van der Waals surface area contributed by atoms with Crippen LogP contribution >= 0.6 is 0 Å². The van der Waals surface area contributed by atoms with Crippen LogP contribution in [-0.4, -0.2) is 38.0 Å². The smallest absolute Gasteiger partial charge is 0.363 e. The van der Waals surface area contributed by atoms with E-state index in [9.17, 15) is 18.0 Å². The van der Waals surface area contributed by atoms with Gasteiger partial charge < -0.3 is 5.73 Å². The van der Waals surface area contributed by atoms with Gasteiger partial charge >= 0.3 is 6.18 Å². The summed E-state index contributed by atoms with van der Waals surface area (Å²) in [5.41, 5.74) is 5.64. The van der Waals surface area contributed by atoms with E-state index in [2.05, 4.69) is 20.1 Å². The molecule has 0 fully saturated rings. The van der Waals surface area contributed by atoms with Crippen molar-refractivity contribution in [3.8, 4) is 5.69 Å². The van der Waals surface area contributed by atoms with Gasteiger partial charge in [0.2, 0.25) is 11.9 Å². The van der Waals surface area contributed by atoms with E-state index in [-0.39, 0.29) is 5.69 Å². The van der Waals surface area contributed by atoms with Crippen LogP contribution in [0.4, 0.5) is 13.2 Å². The highest BCUT2D eigenvalue weighted by Crippen LogP contribution is 2.37. The zero-order valence-electron chi connectivity index (χ0n) is 10.2. The lowest BCUT2D eigenvalue weighted by Gasteiger charge is -2.14. The summed E-state index contributed by atoms with van der Waals surface area (Å²) in [5, 5.41) is 3.73. The third kappa shape index (κ3) is 2.14. The number of nitrogens with zero attached hydrogens (tertiary/aromatic N) is 5. The number of aromatic nitrogens is 4. The van der Waals surface area contributed by atoms with Crippen molar-refractivity contribution in [3.63, 3.8) is 0 Å². The fraction of sp³-hybridized carbons (Fsp3) is 0.182. The highest BCUT2D eigenvalue weighted by molar-refractivity contribution is 5.89. The van der Waals surface area contributed by atoms with E-state index < -0.39 is 29.8 Å². The Morgan fingerprint density at radius 3 is 2.81 bits per heavy atom. The number of hydrogen-bond acceptors (Lipinski definition) is 5. The zero-order valence-corrected chi connectivity index (χ0v) is 10.2. The molecule has 1 unspecified atom stereocenters. The summed E-state index contributed by atoms with van der Waals surface area (Å²) in [6.45, 7) is 0. The second kappa shape index (κ2) is 4.36. The number of carbonyl (C=O) groups excluding carboxylic acids is 1. The summed E-state index contributed by atoms with van der Waals surface area (Å²) < 4.78 is 40.2. The van der Waals surface area contributed by atoms with Crippen LogP contribution in [0.5, 0.6) is 0 Å². The topological polar surface area (TPSA) is 99.1 Å². The summed E-state index contributed by atoms with van der Waals surface area (Å²) in [6.07, 6.45) is -0.880. The predicted molar refractivity (Wildman–Crippen MR) is 64.1 cm³/mol. The first-order valence-electron chi connectivity index (χ1n) is 5.69. The Hall–Kier alpha value is -2.78. The minimum absolute atomic E-state index is 0.239. The van der Waals surface area contributed by atoms with Gasteiger partial charge in [0.25, 0.3) is 5.91 Å². The van der Waals surface area contributed by atoms with Gasteiger partial charge in [-0.1, -0.05) is 0 Å². The highest BCUT2D eigenvalue weighted by atomic mass is 19.4. The summed E-state index contributed by atoms with van der Waals surface area (Å²) in [5.74, 6) is -2.06. The first kappa shape index (κ1) is 13.2. The Morgan fingerprint density at radius 2 is 2.14 bits per heavy atom. The van der Waals surface area contributed by atoms with Crippen molar-refractivity contribution in [1.82, 2.24) is 19.7 Å². The number of fused-ring (bicyclic) bond motifs is 3. The molecule has 108 valence electrons. The minimum Gasteiger partial charge on any atom is -0.363 e. The van der Waals surface area contributed by atoms with Crippen molar-refractivity contribution >= 4 is 12.1 Å². The molecular formula is C11H7F3N6O. The maximum Gasteiger partial charge on any atom is 0.418 e. The number of nitrogens with two attached hydrogens (primary N) is 1. The van der Waals surface area contributed by atoms with Crippen LogP contribution in [0, 0.1) is 0 Å². The van der Waals surface area contributed by atoms with Gasteiger partial charge in [0, 0.05) is 18.0 Å². The van der Waals surface area contributed by atoms with Gasteiger partial charge in [0.15, 0.2) is 5.82 Å². The predicted octanol–water partition coefficient (Wildman–Crippen LogP) is 0.797. The number of rotatable bonds is 1. The lowest BCUT2D eigenvalue weighted by molar-refractivity contribution is -0.150. The number of alkyl halides is 3. The van der Waals surface area contributed by atoms with E-state index in [0.717, 1.165) is 10.9 Å². The van der Waals surface area contributed by atoms with Crippen molar-refractivity contribution in [2.45, 2.75) is 12.2 Å². The van der Waals surface area contributed by atoms with Crippen LogP contribution in [0.1, 0.15) is 28.0 Å². The normalized spacial score (nSPS) is 17.0. The van der Waals surface area contributed by atoms with Crippen molar-refractivity contribution in [2.24, 2.45) is 10.7 Å². The fourth-order valence-corrected chi connectivity index (χ4v) is 1.92. The molecule has 10 heteroatoms. The number of aliphatic imine (C=N–C) groups is 1. The van der Waals surface area contributed by atoms with E-state index in [0.29, 0.717) is 5.56 Å². The quantitative estimate of drug-likeness (QED) is 0.841. The molecule has 1 amide bonds. The number of pyridine rings is 1. The van der Waals surface area contributed by atoms with Crippen molar-refractivity contribution in [3.05, 3.63) is 35.7 Å². The molecule has 0 aromatic carbocycles. The molecule has 1 aliphatic rings. The molecule has 3 rings (SSSR count). The first-order valence-corrected chi connectivity index (χ1v) is 5.69. The molecule has 7 nitrogen and oxygen atoms in total. The molecule has 0 aliphatic carbocycles. The van der Waals surface area contributed by atoms with E-state index in [1.54, 1.807) is 0 Å². The number of carbonyl (C=O) groups is 1. The minimum atomic E-state index is -4.67. The van der Waals surface area contributed by atoms with Gasteiger partial charge in [0.05, 0.1) is 11.9 Å². The Balaban J connectivity index is 2.29. The monoisotopic (exact) mass is 296 g/mol. The van der Waals surface area contributed by atoms with Gasteiger partial charge in [-0.25, -0.2) is 9.67 Å². The van der Waals surface area contributed by atoms with Crippen LogP contribution in [0.15, 0.2) is 23.5 Å². The summed E-state index contributed by atoms with van der Waals surface area (Å²) in [7, 11) is 0. The number of amides is 1. The zero-order chi connectivity index (χ0) is 15.2. The fourth-order valence-electron chi connectivity index (χ4n) is 1.92. The number of halogens is 3. The van der Waals surface area contributed by atoms with E-state index in [1.165, 1.54) is 18.5 Å². The molecule has 0 spiro atoms. The van der Waals surface area contributed by atoms with E-state index in [4.69, 9.17) is 5.73 Å². The molecular weight excluding hydrogens is 289 g/mol. The van der Waals surface area contributed by atoms with Gasteiger partial charge in [-0.05, 0) is 6.07 Å². The molecule has 0 radical (unpaired) electrons. The van der Waals surface area contributed by atoms with Gasteiger partial charge in [0.1, 0.15) is 0 Å². The largest absolute Gasteiger partial charge is 0.418 e. The van der Waals surface area contributed by atoms with E-state index >= 15 is 0 Å². The Labute approximate surface area is 115 Å². The molecule has 3 heterocycles. The Bertz CT molecular complexity index is 751. The third-order valence-electron chi connectivity index (χ3n) is 2.83. The van der Waals surface area contributed by atoms with Gasteiger partial charge in [-0.15, -0.1) is 5.10 Å². The van der Waals surface area contributed by atoms with Crippen LogP contribution in [0.2, 0.25) is 0 Å². The Kier molecular flexibility index (Phi) is 2.75. The number of primary amides is 1. The molecule has 0 bridgehead atoms. The molecule has 21 heavy (non-hydrogen) atoms. The molecule has 1 aliphatic heterocycles. The standard InChI is InChI=1S/C11H7F3N6O/c12-11(13,14)7-10-18-9(8(15)21)19-20(10)6-4-16-2-1-5(6)3-17-7/h1-4,7H,(H2,15,21). The molecule has 0 saturated heterocycles. The lowest BCUT2D eigenvalue weighted by Crippen LogP contribution is -2.22. The first-order chi connectivity index (χ1) is 9.88. The molecule has 1 atom stereocenters. The molecule has 2 aromatic rings. The van der Waals surface area contributed by atoms with Crippen LogP contribution in [0.3, 0.4) is 0 Å². The second-order valence-corrected chi connectivity index (χ2v) is 4.23. The summed E-state index contributed by atoms with van der Waals surface area (Å²) >= 11 is 0. The summed E-state index contributed by atoms with van der Waals surface area (Å²) in [6, 6.07) is -0.752.